The van der Waals surface area contributed by atoms with Crippen molar-refractivity contribution in [1.82, 2.24) is 24.8 Å². The van der Waals surface area contributed by atoms with E-state index in [1.807, 2.05) is 0 Å². The fourth-order valence-electron chi connectivity index (χ4n) is 2.89. The predicted octanol–water partition coefficient (Wildman–Crippen LogP) is 2.85. The van der Waals surface area contributed by atoms with Crippen LogP contribution in [0.5, 0.6) is 0 Å². The molecule has 23 heavy (non-hydrogen) atoms. The number of rotatable bonds is 7. The third-order valence-corrected chi connectivity index (χ3v) is 4.12. The Labute approximate surface area is 136 Å². The molecule has 2 heterocycles. The molecular formula is C17H22N6. The lowest BCUT2D eigenvalue weighted by atomic mass is 10.1. The average molecular weight is 310 g/mol. The fraction of sp³-hybridized carbons (Fsp3) is 0.353. The van der Waals surface area contributed by atoms with E-state index >= 15 is 0 Å². The molecule has 6 heteroatoms. The van der Waals surface area contributed by atoms with Crippen LogP contribution >= 0.6 is 0 Å². The average Bonchev–Trinajstić information content (AvgIpc) is 3.09. The van der Waals surface area contributed by atoms with Crippen LogP contribution in [0.3, 0.4) is 0 Å². The van der Waals surface area contributed by atoms with E-state index < -0.39 is 0 Å². The minimum Gasteiger partial charge on any atom is -0.366 e. The standard InChI is InChI=1S/C17H22N6/c1-3-23(4-2)14(13-8-6-5-7-9-13)10-18-16-15-17(20-11-19-15)22-12-21-16/h5-9,11-12,14H,3-4,10H2,1-2H3,(H2,18,19,20,21,22)/t14-/m1/s1. The molecule has 0 unspecified atom stereocenters. The van der Waals surface area contributed by atoms with E-state index in [0.29, 0.717) is 11.7 Å². The lowest BCUT2D eigenvalue weighted by Crippen LogP contribution is -2.33. The van der Waals surface area contributed by atoms with Gasteiger partial charge in [0, 0.05) is 6.54 Å². The van der Waals surface area contributed by atoms with Gasteiger partial charge in [-0.15, -0.1) is 0 Å². The second kappa shape index (κ2) is 7.19. The van der Waals surface area contributed by atoms with Gasteiger partial charge in [-0.25, -0.2) is 15.0 Å². The first-order valence-electron chi connectivity index (χ1n) is 8.00. The van der Waals surface area contributed by atoms with Crippen molar-refractivity contribution in [3.05, 3.63) is 48.5 Å². The highest BCUT2D eigenvalue weighted by molar-refractivity contribution is 5.81. The molecule has 2 N–H and O–H groups in total. The number of aromatic amines is 1. The van der Waals surface area contributed by atoms with Gasteiger partial charge in [-0.05, 0) is 18.7 Å². The molecule has 2 aromatic heterocycles. The molecule has 0 spiro atoms. The third-order valence-electron chi connectivity index (χ3n) is 4.12. The van der Waals surface area contributed by atoms with Gasteiger partial charge >= 0.3 is 0 Å². The maximum absolute atomic E-state index is 4.34. The SMILES string of the molecule is CCN(CC)[C@H](CNc1ncnc2nc[nH]c12)c1ccccc1. The number of likely N-dealkylation sites (N-methyl/N-ethyl adjacent to an activating group) is 1. The van der Waals surface area contributed by atoms with Gasteiger partial charge in [-0.2, -0.15) is 0 Å². The number of H-pyrrole nitrogens is 1. The summed E-state index contributed by atoms with van der Waals surface area (Å²) < 4.78 is 0. The molecule has 0 fully saturated rings. The monoisotopic (exact) mass is 310 g/mol. The van der Waals surface area contributed by atoms with E-state index in [2.05, 4.69) is 74.3 Å². The number of aromatic nitrogens is 4. The van der Waals surface area contributed by atoms with Crippen LogP contribution in [0.25, 0.3) is 11.2 Å². The Morgan fingerprint density at radius 3 is 2.61 bits per heavy atom. The molecule has 1 aromatic carbocycles. The van der Waals surface area contributed by atoms with Gasteiger partial charge in [0.25, 0.3) is 0 Å². The van der Waals surface area contributed by atoms with Crippen molar-refractivity contribution in [3.8, 4) is 0 Å². The van der Waals surface area contributed by atoms with Crippen LogP contribution < -0.4 is 5.32 Å². The minimum atomic E-state index is 0.291. The van der Waals surface area contributed by atoms with Gasteiger partial charge in [-0.3, -0.25) is 4.90 Å². The van der Waals surface area contributed by atoms with Crippen molar-refractivity contribution < 1.29 is 0 Å². The molecule has 0 aliphatic heterocycles. The van der Waals surface area contributed by atoms with Crippen LogP contribution in [0.4, 0.5) is 5.82 Å². The summed E-state index contributed by atoms with van der Waals surface area (Å²) in [5, 5.41) is 3.46. The highest BCUT2D eigenvalue weighted by atomic mass is 15.2. The van der Waals surface area contributed by atoms with Crippen molar-refractivity contribution in [2.75, 3.05) is 25.0 Å². The van der Waals surface area contributed by atoms with Gasteiger partial charge in [0.2, 0.25) is 0 Å². The number of benzene rings is 1. The second-order valence-electron chi connectivity index (χ2n) is 5.35. The van der Waals surface area contributed by atoms with Gasteiger partial charge in [0.15, 0.2) is 11.5 Å². The van der Waals surface area contributed by atoms with E-state index in [9.17, 15) is 0 Å². The number of imidazole rings is 1. The zero-order chi connectivity index (χ0) is 16.1. The molecule has 0 amide bonds. The quantitative estimate of drug-likeness (QED) is 0.702. The summed E-state index contributed by atoms with van der Waals surface area (Å²) in [6.45, 7) is 7.16. The van der Waals surface area contributed by atoms with Crippen molar-refractivity contribution in [3.63, 3.8) is 0 Å². The number of anilines is 1. The van der Waals surface area contributed by atoms with Gasteiger partial charge in [-0.1, -0.05) is 44.2 Å². The minimum absolute atomic E-state index is 0.291. The second-order valence-corrected chi connectivity index (χ2v) is 5.35. The highest BCUT2D eigenvalue weighted by Crippen LogP contribution is 2.22. The van der Waals surface area contributed by atoms with Crippen molar-refractivity contribution in [2.24, 2.45) is 0 Å². The summed E-state index contributed by atoms with van der Waals surface area (Å²) >= 11 is 0. The highest BCUT2D eigenvalue weighted by Gasteiger charge is 2.18. The number of hydrogen-bond acceptors (Lipinski definition) is 5. The molecular weight excluding hydrogens is 288 g/mol. The molecule has 120 valence electrons. The summed E-state index contributed by atoms with van der Waals surface area (Å²) in [6, 6.07) is 10.9. The van der Waals surface area contributed by atoms with Crippen molar-refractivity contribution in [2.45, 2.75) is 19.9 Å². The molecule has 0 radical (unpaired) electrons. The van der Waals surface area contributed by atoms with E-state index in [-0.39, 0.29) is 0 Å². The van der Waals surface area contributed by atoms with E-state index in [0.717, 1.165) is 31.0 Å². The maximum atomic E-state index is 4.34. The number of fused-ring (bicyclic) bond motifs is 1. The lowest BCUT2D eigenvalue weighted by Gasteiger charge is -2.30. The number of hydrogen-bond donors (Lipinski definition) is 2. The van der Waals surface area contributed by atoms with Gasteiger partial charge < -0.3 is 10.3 Å². The largest absolute Gasteiger partial charge is 0.366 e. The van der Waals surface area contributed by atoms with E-state index in [1.165, 1.54) is 5.56 Å². The van der Waals surface area contributed by atoms with Crippen LogP contribution in [0.15, 0.2) is 43.0 Å². The number of nitrogens with zero attached hydrogens (tertiary/aromatic N) is 4. The van der Waals surface area contributed by atoms with Crippen LogP contribution in [-0.4, -0.2) is 44.5 Å². The number of nitrogens with one attached hydrogen (secondary N) is 2. The zero-order valence-corrected chi connectivity index (χ0v) is 13.5. The maximum Gasteiger partial charge on any atom is 0.182 e. The van der Waals surface area contributed by atoms with Crippen LogP contribution in [0.1, 0.15) is 25.5 Å². The third kappa shape index (κ3) is 3.32. The molecule has 3 rings (SSSR count). The van der Waals surface area contributed by atoms with E-state index in [1.54, 1.807) is 12.7 Å². The Morgan fingerprint density at radius 2 is 1.87 bits per heavy atom. The van der Waals surface area contributed by atoms with Crippen LogP contribution in [0, 0.1) is 0 Å². The topological polar surface area (TPSA) is 69.7 Å². The van der Waals surface area contributed by atoms with Crippen molar-refractivity contribution >= 4 is 17.0 Å². The van der Waals surface area contributed by atoms with Crippen molar-refractivity contribution in [1.29, 1.82) is 0 Å². The molecule has 3 aromatic rings. The normalized spacial score (nSPS) is 12.7. The predicted molar refractivity (Wildman–Crippen MR) is 92.3 cm³/mol. The summed E-state index contributed by atoms with van der Waals surface area (Å²) in [5.74, 6) is 0.792. The molecule has 0 saturated carbocycles. The molecule has 0 aliphatic carbocycles. The Morgan fingerprint density at radius 1 is 1.09 bits per heavy atom. The smallest absolute Gasteiger partial charge is 0.182 e. The zero-order valence-electron chi connectivity index (χ0n) is 13.5. The van der Waals surface area contributed by atoms with Crippen LogP contribution in [0.2, 0.25) is 0 Å². The summed E-state index contributed by atoms with van der Waals surface area (Å²) in [4.78, 5) is 18.2. The Kier molecular flexibility index (Phi) is 4.83. The Balaban J connectivity index is 1.83. The van der Waals surface area contributed by atoms with E-state index in [4.69, 9.17) is 0 Å². The van der Waals surface area contributed by atoms with Gasteiger partial charge in [0.1, 0.15) is 11.8 Å². The molecule has 1 atom stereocenters. The first-order chi connectivity index (χ1) is 11.3. The lowest BCUT2D eigenvalue weighted by molar-refractivity contribution is 0.228. The summed E-state index contributed by atoms with van der Waals surface area (Å²) in [7, 11) is 0. The van der Waals surface area contributed by atoms with Crippen LogP contribution in [-0.2, 0) is 0 Å². The molecule has 0 saturated heterocycles. The molecule has 0 aliphatic rings. The first-order valence-corrected chi connectivity index (χ1v) is 8.00. The first kappa shape index (κ1) is 15.4. The summed E-state index contributed by atoms with van der Waals surface area (Å²) in [5.41, 5.74) is 2.83. The summed E-state index contributed by atoms with van der Waals surface area (Å²) in [6.07, 6.45) is 3.18. The van der Waals surface area contributed by atoms with Gasteiger partial charge in [0.05, 0.1) is 12.4 Å². The fourth-order valence-corrected chi connectivity index (χ4v) is 2.89. The Hall–Kier alpha value is -2.47. The molecule has 6 nitrogen and oxygen atoms in total. The Bertz CT molecular complexity index is 735. The molecule has 0 bridgehead atoms.